The molecule has 0 aliphatic rings. The second-order valence-corrected chi connectivity index (χ2v) is 1.77. The Labute approximate surface area is 61.4 Å². The predicted molar refractivity (Wildman–Crippen MR) is 34.8 cm³/mol. The van der Waals surface area contributed by atoms with Crippen LogP contribution in [-0.4, -0.2) is 28.8 Å². The Morgan fingerprint density at radius 3 is 2.18 bits per heavy atom. The highest BCUT2D eigenvalue weighted by atomic mass is 16.1. The third-order valence-corrected chi connectivity index (χ3v) is 1.12. The molecule has 11 heavy (non-hydrogen) atoms. The topological polar surface area (TPSA) is 79.9 Å². The van der Waals surface area contributed by atoms with Gasteiger partial charge in [-0.25, -0.2) is 4.98 Å². The minimum absolute atomic E-state index is 0.0193. The lowest BCUT2D eigenvalue weighted by molar-refractivity contribution is 0.109. The Morgan fingerprint density at radius 2 is 1.82 bits per heavy atom. The molecule has 0 spiro atoms. The van der Waals surface area contributed by atoms with Crippen LogP contribution >= 0.6 is 0 Å². The molecule has 0 radical (unpaired) electrons. The van der Waals surface area contributed by atoms with E-state index >= 15 is 0 Å². The fourth-order valence-corrected chi connectivity index (χ4v) is 0.655. The van der Waals surface area contributed by atoms with Crippen molar-refractivity contribution in [1.29, 1.82) is 0 Å². The Kier molecular flexibility index (Phi) is 1.91. The number of carbonyl (C=O) groups excluding carboxylic acids is 3. The largest absolute Gasteiger partial charge is 0.333 e. The number of aldehydes is 3. The number of H-pyrrole nitrogens is 1. The van der Waals surface area contributed by atoms with E-state index < -0.39 is 0 Å². The van der Waals surface area contributed by atoms with E-state index in [1.165, 1.54) is 0 Å². The van der Waals surface area contributed by atoms with E-state index in [0.717, 1.165) is 0 Å². The molecule has 0 bridgehead atoms. The molecule has 0 amide bonds. The van der Waals surface area contributed by atoms with Crippen LogP contribution in [0.2, 0.25) is 0 Å². The maximum absolute atomic E-state index is 10.2. The molecule has 0 unspecified atom stereocenters. The summed E-state index contributed by atoms with van der Waals surface area (Å²) in [6.45, 7) is 0. The van der Waals surface area contributed by atoms with Crippen LogP contribution in [0.25, 0.3) is 0 Å². The molecule has 1 aromatic heterocycles. The fourth-order valence-electron chi connectivity index (χ4n) is 0.655. The summed E-state index contributed by atoms with van der Waals surface area (Å²) < 4.78 is 0. The molecule has 0 aliphatic carbocycles. The molecular formula is C6H4N2O3. The van der Waals surface area contributed by atoms with E-state index in [1.807, 2.05) is 0 Å². The lowest BCUT2D eigenvalue weighted by Gasteiger charge is -1.77. The first kappa shape index (κ1) is 7.33. The molecule has 0 aliphatic heterocycles. The molecule has 5 nitrogen and oxygen atoms in total. The molecule has 1 aromatic rings. The average molecular weight is 152 g/mol. The summed E-state index contributed by atoms with van der Waals surface area (Å²) in [6, 6.07) is 0. The molecule has 1 rings (SSSR count). The zero-order valence-electron chi connectivity index (χ0n) is 5.40. The van der Waals surface area contributed by atoms with Gasteiger partial charge in [0.1, 0.15) is 11.4 Å². The van der Waals surface area contributed by atoms with Crippen molar-refractivity contribution in [3.8, 4) is 0 Å². The van der Waals surface area contributed by atoms with Crippen molar-refractivity contribution in [2.24, 2.45) is 0 Å². The van der Waals surface area contributed by atoms with Gasteiger partial charge in [-0.1, -0.05) is 0 Å². The number of hydrogen-bond donors (Lipinski definition) is 1. The van der Waals surface area contributed by atoms with Crippen LogP contribution in [0, 0.1) is 0 Å². The number of aromatic nitrogens is 2. The lowest BCUT2D eigenvalue weighted by Crippen LogP contribution is -1.86. The zero-order chi connectivity index (χ0) is 8.27. The van der Waals surface area contributed by atoms with Gasteiger partial charge in [-0.15, -0.1) is 0 Å². The van der Waals surface area contributed by atoms with Crippen molar-refractivity contribution >= 4 is 18.9 Å². The van der Waals surface area contributed by atoms with Crippen molar-refractivity contribution < 1.29 is 14.4 Å². The van der Waals surface area contributed by atoms with Gasteiger partial charge in [-0.05, 0) is 0 Å². The van der Waals surface area contributed by atoms with Crippen LogP contribution in [0.3, 0.4) is 0 Å². The minimum Gasteiger partial charge on any atom is -0.333 e. The van der Waals surface area contributed by atoms with Crippen LogP contribution in [-0.2, 0) is 0 Å². The van der Waals surface area contributed by atoms with Gasteiger partial charge in [0.15, 0.2) is 24.7 Å². The van der Waals surface area contributed by atoms with Crippen molar-refractivity contribution in [3.05, 3.63) is 17.2 Å². The van der Waals surface area contributed by atoms with Crippen LogP contribution in [0.15, 0.2) is 0 Å². The Morgan fingerprint density at radius 1 is 1.09 bits per heavy atom. The first-order valence-corrected chi connectivity index (χ1v) is 2.77. The van der Waals surface area contributed by atoms with Crippen molar-refractivity contribution in [3.63, 3.8) is 0 Å². The first-order valence-electron chi connectivity index (χ1n) is 2.77. The van der Waals surface area contributed by atoms with E-state index in [1.54, 1.807) is 0 Å². The van der Waals surface area contributed by atoms with Crippen LogP contribution in [0.4, 0.5) is 0 Å². The van der Waals surface area contributed by atoms with Crippen LogP contribution < -0.4 is 0 Å². The van der Waals surface area contributed by atoms with Gasteiger partial charge < -0.3 is 4.98 Å². The van der Waals surface area contributed by atoms with Gasteiger partial charge in [0.2, 0.25) is 0 Å². The van der Waals surface area contributed by atoms with Gasteiger partial charge in [0.05, 0.1) is 0 Å². The zero-order valence-corrected chi connectivity index (χ0v) is 5.40. The van der Waals surface area contributed by atoms with Crippen molar-refractivity contribution in [1.82, 2.24) is 9.97 Å². The van der Waals surface area contributed by atoms with Gasteiger partial charge in [0, 0.05) is 0 Å². The van der Waals surface area contributed by atoms with E-state index in [2.05, 4.69) is 9.97 Å². The monoisotopic (exact) mass is 152 g/mol. The lowest BCUT2D eigenvalue weighted by atomic mass is 10.4. The molecule has 1 heterocycles. The van der Waals surface area contributed by atoms with Gasteiger partial charge in [-0.3, -0.25) is 14.4 Å². The average Bonchev–Trinajstić information content (AvgIpc) is 2.46. The Hall–Kier alpha value is -1.78. The smallest absolute Gasteiger partial charge is 0.185 e. The Balaban J connectivity index is 3.21. The number of hydrogen-bond acceptors (Lipinski definition) is 4. The maximum Gasteiger partial charge on any atom is 0.185 e. The highest BCUT2D eigenvalue weighted by molar-refractivity contribution is 5.88. The number of nitrogens with zero attached hydrogens (tertiary/aromatic N) is 1. The number of aromatic amines is 1. The first-order chi connectivity index (χ1) is 5.31. The summed E-state index contributed by atoms with van der Waals surface area (Å²) in [5.74, 6) is -0.0193. The van der Waals surface area contributed by atoms with Crippen LogP contribution in [0.5, 0.6) is 0 Å². The third-order valence-electron chi connectivity index (χ3n) is 1.12. The van der Waals surface area contributed by atoms with Crippen LogP contribution in [0.1, 0.15) is 31.6 Å². The molecule has 1 N–H and O–H groups in total. The van der Waals surface area contributed by atoms with E-state index in [4.69, 9.17) is 0 Å². The molecular weight excluding hydrogens is 148 g/mol. The molecule has 0 aromatic carbocycles. The second kappa shape index (κ2) is 2.87. The quantitative estimate of drug-likeness (QED) is 0.610. The summed E-state index contributed by atoms with van der Waals surface area (Å²) in [6.07, 6.45) is 1.27. The predicted octanol–water partition coefficient (Wildman–Crippen LogP) is -0.153. The molecule has 5 heteroatoms. The second-order valence-electron chi connectivity index (χ2n) is 1.77. The number of imidazole rings is 1. The summed E-state index contributed by atoms with van der Waals surface area (Å²) in [5, 5.41) is 0. The fraction of sp³-hybridized carbons (Fsp3) is 0. The van der Waals surface area contributed by atoms with E-state index in [0.29, 0.717) is 18.9 Å². The standard InChI is InChI=1S/C6H4N2O3/c9-1-4-5(2-10)8-6(3-11)7-4/h1-3H,(H,7,8). The SMILES string of the molecule is O=Cc1nc(C=O)c(C=O)[nH]1. The van der Waals surface area contributed by atoms with Crippen molar-refractivity contribution in [2.75, 3.05) is 0 Å². The number of rotatable bonds is 3. The van der Waals surface area contributed by atoms with E-state index in [-0.39, 0.29) is 17.2 Å². The normalized spacial score (nSPS) is 9.09. The van der Waals surface area contributed by atoms with Gasteiger partial charge in [-0.2, -0.15) is 0 Å². The molecule has 0 saturated carbocycles. The summed E-state index contributed by atoms with van der Waals surface area (Å²) in [4.78, 5) is 36.3. The molecule has 0 saturated heterocycles. The number of carbonyl (C=O) groups is 3. The highest BCUT2D eigenvalue weighted by Gasteiger charge is 2.06. The summed E-state index contributed by atoms with van der Waals surface area (Å²) in [5.41, 5.74) is -0.01000. The van der Waals surface area contributed by atoms with Gasteiger partial charge >= 0.3 is 0 Å². The third kappa shape index (κ3) is 1.21. The summed E-state index contributed by atoms with van der Waals surface area (Å²) in [7, 11) is 0. The highest BCUT2D eigenvalue weighted by Crippen LogP contribution is 1.98. The molecule has 56 valence electrons. The molecule has 0 fully saturated rings. The molecule has 0 atom stereocenters. The minimum atomic E-state index is -0.0397. The maximum atomic E-state index is 10.2. The van der Waals surface area contributed by atoms with Gasteiger partial charge in [0.25, 0.3) is 0 Å². The van der Waals surface area contributed by atoms with Crippen molar-refractivity contribution in [2.45, 2.75) is 0 Å². The van der Waals surface area contributed by atoms with E-state index in [9.17, 15) is 14.4 Å². The summed E-state index contributed by atoms with van der Waals surface area (Å²) >= 11 is 0. The Bertz CT molecular complexity index is 277. The number of nitrogens with one attached hydrogen (secondary N) is 1.